The molecule has 1 atom stereocenters. The van der Waals surface area contributed by atoms with E-state index in [1.165, 1.54) is 4.90 Å². The van der Waals surface area contributed by atoms with Crippen LogP contribution in [0.3, 0.4) is 0 Å². The topological polar surface area (TPSA) is 86.8 Å². The molecule has 0 heterocycles. The minimum Gasteiger partial charge on any atom is -0.350 e. The lowest BCUT2D eigenvalue weighted by atomic mass is 10.0. The van der Waals surface area contributed by atoms with E-state index in [1.807, 2.05) is 57.2 Å². The lowest BCUT2D eigenvalue weighted by Gasteiger charge is -2.35. The van der Waals surface area contributed by atoms with Gasteiger partial charge in [-0.25, -0.2) is 8.42 Å². The molecule has 40 heavy (non-hydrogen) atoms. The van der Waals surface area contributed by atoms with E-state index in [1.54, 1.807) is 43.3 Å². The van der Waals surface area contributed by atoms with E-state index < -0.39 is 34.1 Å². The molecular formula is C30H35Cl2N3O4S. The molecule has 2 amide bonds. The predicted molar refractivity (Wildman–Crippen MR) is 162 cm³/mol. The molecular weight excluding hydrogens is 569 g/mol. The van der Waals surface area contributed by atoms with Crippen LogP contribution in [-0.2, 0) is 32.6 Å². The zero-order valence-corrected chi connectivity index (χ0v) is 25.6. The van der Waals surface area contributed by atoms with Gasteiger partial charge in [-0.2, -0.15) is 0 Å². The van der Waals surface area contributed by atoms with Crippen LogP contribution in [0.15, 0.2) is 72.8 Å². The number of sulfonamides is 1. The summed E-state index contributed by atoms with van der Waals surface area (Å²) in [6.45, 7) is 6.86. The Morgan fingerprint density at radius 2 is 1.52 bits per heavy atom. The van der Waals surface area contributed by atoms with Gasteiger partial charge in [0.05, 0.1) is 11.9 Å². The van der Waals surface area contributed by atoms with Crippen LogP contribution in [0.25, 0.3) is 0 Å². The van der Waals surface area contributed by atoms with E-state index in [9.17, 15) is 18.0 Å². The van der Waals surface area contributed by atoms with Crippen molar-refractivity contribution in [2.45, 2.75) is 52.2 Å². The number of aryl methyl sites for hydroxylation is 1. The van der Waals surface area contributed by atoms with E-state index >= 15 is 0 Å². The summed E-state index contributed by atoms with van der Waals surface area (Å²) in [5.41, 5.74) is 1.93. The van der Waals surface area contributed by atoms with Crippen molar-refractivity contribution in [1.82, 2.24) is 10.2 Å². The van der Waals surface area contributed by atoms with Crippen molar-refractivity contribution in [3.63, 3.8) is 0 Å². The minimum absolute atomic E-state index is 0.0473. The predicted octanol–water partition coefficient (Wildman–Crippen LogP) is 5.62. The van der Waals surface area contributed by atoms with E-state index in [2.05, 4.69) is 5.32 Å². The van der Waals surface area contributed by atoms with Crippen molar-refractivity contribution >= 4 is 50.7 Å². The molecule has 214 valence electrons. The first-order valence-corrected chi connectivity index (χ1v) is 15.4. The standard InChI is InChI=1S/C30H35Cl2N3O4S/c1-21-16-25(32)14-15-26(21)35(40(5,38)39)20-28(36)34(19-23-12-9-13-24(31)17-23)27(29(37)33-30(2,3)4)18-22-10-7-6-8-11-22/h6-17,27H,18-20H2,1-5H3,(H,33,37)/t27-/m0/s1. The monoisotopic (exact) mass is 603 g/mol. The number of amides is 2. The van der Waals surface area contributed by atoms with Crippen molar-refractivity contribution in [3.8, 4) is 0 Å². The Morgan fingerprint density at radius 1 is 0.900 bits per heavy atom. The number of nitrogens with zero attached hydrogens (tertiary/aromatic N) is 2. The van der Waals surface area contributed by atoms with Crippen LogP contribution in [0.1, 0.15) is 37.5 Å². The summed E-state index contributed by atoms with van der Waals surface area (Å²) in [6.07, 6.45) is 1.28. The summed E-state index contributed by atoms with van der Waals surface area (Å²) in [6, 6.07) is 20.3. The maximum absolute atomic E-state index is 14.1. The van der Waals surface area contributed by atoms with Gasteiger partial charge in [0, 0.05) is 28.5 Å². The third-order valence-corrected chi connectivity index (χ3v) is 7.71. The Bertz CT molecular complexity index is 1460. The van der Waals surface area contributed by atoms with Crippen molar-refractivity contribution in [2.24, 2.45) is 0 Å². The van der Waals surface area contributed by atoms with Crippen LogP contribution in [0, 0.1) is 6.92 Å². The lowest BCUT2D eigenvalue weighted by molar-refractivity contribution is -0.140. The fourth-order valence-electron chi connectivity index (χ4n) is 4.33. The summed E-state index contributed by atoms with van der Waals surface area (Å²) in [7, 11) is -3.87. The smallest absolute Gasteiger partial charge is 0.244 e. The van der Waals surface area contributed by atoms with E-state index in [0.717, 1.165) is 16.1 Å². The lowest BCUT2D eigenvalue weighted by Crippen LogP contribution is -2.56. The Labute approximate surface area is 247 Å². The summed E-state index contributed by atoms with van der Waals surface area (Å²) in [5.74, 6) is -0.884. The summed E-state index contributed by atoms with van der Waals surface area (Å²) < 4.78 is 26.9. The van der Waals surface area contributed by atoms with Gasteiger partial charge >= 0.3 is 0 Å². The molecule has 0 fully saturated rings. The Kier molecular flexibility index (Phi) is 10.3. The molecule has 0 spiro atoms. The van der Waals surface area contributed by atoms with E-state index in [0.29, 0.717) is 26.9 Å². The average Bonchev–Trinajstić information content (AvgIpc) is 2.84. The van der Waals surface area contributed by atoms with Crippen LogP contribution in [-0.4, -0.2) is 49.5 Å². The molecule has 0 aliphatic carbocycles. The third-order valence-electron chi connectivity index (χ3n) is 6.12. The molecule has 7 nitrogen and oxygen atoms in total. The first kappa shape index (κ1) is 31.5. The van der Waals surface area contributed by atoms with Gasteiger partial charge in [-0.3, -0.25) is 13.9 Å². The third kappa shape index (κ3) is 8.98. The molecule has 3 aromatic carbocycles. The molecule has 0 bridgehead atoms. The van der Waals surface area contributed by atoms with Crippen molar-refractivity contribution in [3.05, 3.63) is 99.5 Å². The van der Waals surface area contributed by atoms with Gasteiger partial charge in [-0.15, -0.1) is 0 Å². The van der Waals surface area contributed by atoms with Gasteiger partial charge < -0.3 is 10.2 Å². The van der Waals surface area contributed by atoms with Crippen LogP contribution >= 0.6 is 23.2 Å². The number of benzene rings is 3. The SMILES string of the molecule is Cc1cc(Cl)ccc1N(CC(=O)N(Cc1cccc(Cl)c1)[C@@H](Cc1ccccc1)C(=O)NC(C)(C)C)S(C)(=O)=O. The highest BCUT2D eigenvalue weighted by molar-refractivity contribution is 7.92. The Balaban J connectivity index is 2.09. The van der Waals surface area contributed by atoms with Crippen molar-refractivity contribution in [2.75, 3.05) is 17.1 Å². The highest BCUT2D eigenvalue weighted by Crippen LogP contribution is 2.26. The number of hydrogen-bond donors (Lipinski definition) is 1. The number of carbonyl (C=O) groups excluding carboxylic acids is 2. The molecule has 0 saturated carbocycles. The highest BCUT2D eigenvalue weighted by atomic mass is 35.5. The quantitative estimate of drug-likeness (QED) is 0.326. The van der Waals surface area contributed by atoms with Crippen LogP contribution in [0.4, 0.5) is 5.69 Å². The number of anilines is 1. The largest absolute Gasteiger partial charge is 0.350 e. The molecule has 1 N–H and O–H groups in total. The summed E-state index contributed by atoms with van der Waals surface area (Å²) >= 11 is 12.3. The van der Waals surface area contributed by atoms with Gasteiger partial charge in [0.2, 0.25) is 21.8 Å². The average molecular weight is 605 g/mol. The molecule has 10 heteroatoms. The molecule has 0 aliphatic rings. The molecule has 0 aliphatic heterocycles. The van der Waals surface area contributed by atoms with Crippen LogP contribution in [0.5, 0.6) is 0 Å². The molecule has 0 radical (unpaired) electrons. The second kappa shape index (κ2) is 13.1. The zero-order valence-electron chi connectivity index (χ0n) is 23.3. The normalized spacial score (nSPS) is 12.5. The molecule has 0 saturated heterocycles. The number of rotatable bonds is 10. The van der Waals surface area contributed by atoms with Gasteiger partial charge in [-0.05, 0) is 74.7 Å². The fourth-order valence-corrected chi connectivity index (χ4v) is 5.68. The van der Waals surface area contributed by atoms with E-state index in [4.69, 9.17) is 23.2 Å². The van der Waals surface area contributed by atoms with Gasteiger partial charge in [0.1, 0.15) is 12.6 Å². The number of halogens is 2. The number of nitrogens with one attached hydrogen (secondary N) is 1. The maximum atomic E-state index is 14.1. The zero-order chi connectivity index (χ0) is 29.7. The Morgan fingerprint density at radius 3 is 2.10 bits per heavy atom. The van der Waals surface area contributed by atoms with E-state index in [-0.39, 0.29) is 18.9 Å². The first-order chi connectivity index (χ1) is 18.6. The highest BCUT2D eigenvalue weighted by Gasteiger charge is 2.34. The Hall–Kier alpha value is -3.07. The second-order valence-electron chi connectivity index (χ2n) is 10.8. The molecule has 3 aromatic rings. The minimum atomic E-state index is -3.87. The second-order valence-corrected chi connectivity index (χ2v) is 13.6. The van der Waals surface area contributed by atoms with Crippen LogP contribution < -0.4 is 9.62 Å². The fraction of sp³-hybridized carbons (Fsp3) is 0.333. The molecule has 0 aromatic heterocycles. The first-order valence-electron chi connectivity index (χ1n) is 12.8. The number of carbonyl (C=O) groups is 2. The van der Waals surface area contributed by atoms with Gasteiger partial charge in [0.15, 0.2) is 0 Å². The van der Waals surface area contributed by atoms with Gasteiger partial charge in [-0.1, -0.05) is 65.7 Å². The maximum Gasteiger partial charge on any atom is 0.244 e. The van der Waals surface area contributed by atoms with Gasteiger partial charge in [0.25, 0.3) is 0 Å². The van der Waals surface area contributed by atoms with Crippen LogP contribution in [0.2, 0.25) is 10.0 Å². The molecule has 3 rings (SSSR count). The van der Waals surface area contributed by atoms with Crippen molar-refractivity contribution in [1.29, 1.82) is 0 Å². The summed E-state index contributed by atoms with van der Waals surface area (Å²) in [4.78, 5) is 29.3. The summed E-state index contributed by atoms with van der Waals surface area (Å²) in [5, 5.41) is 3.93. The van der Waals surface area contributed by atoms with Crippen molar-refractivity contribution < 1.29 is 18.0 Å². The number of hydrogen-bond acceptors (Lipinski definition) is 4. The molecule has 0 unspecified atom stereocenters.